The summed E-state index contributed by atoms with van der Waals surface area (Å²) in [6.45, 7) is 3.79. The molecule has 0 spiro atoms. The van der Waals surface area contributed by atoms with Crippen molar-refractivity contribution < 1.29 is 14.3 Å². The number of aromatic hydroxyl groups is 1. The Hall–Kier alpha value is -2.47. The van der Waals surface area contributed by atoms with Gasteiger partial charge in [0, 0.05) is 5.56 Å². The summed E-state index contributed by atoms with van der Waals surface area (Å²) in [5.74, 6) is -0.834. The third-order valence-electron chi connectivity index (χ3n) is 3.19. The number of carbonyl (C=O) groups is 1. The molecule has 1 amide bonds. The zero-order chi connectivity index (χ0) is 16.3. The number of benzene rings is 2. The zero-order valence-electron chi connectivity index (χ0n) is 12.1. The Labute approximate surface area is 133 Å². The molecule has 0 aliphatic heterocycles. The Balaban J connectivity index is 2.05. The van der Waals surface area contributed by atoms with E-state index >= 15 is 0 Å². The molecule has 3 N–H and O–H groups in total. The summed E-state index contributed by atoms with van der Waals surface area (Å²) in [4.78, 5) is 11.9. The summed E-state index contributed by atoms with van der Waals surface area (Å²) in [5.41, 5.74) is 2.62. The Morgan fingerprint density at radius 1 is 1.14 bits per heavy atom. The molecule has 114 valence electrons. The molecule has 0 heterocycles. The summed E-state index contributed by atoms with van der Waals surface area (Å²) >= 11 is 5.05. The van der Waals surface area contributed by atoms with Crippen LogP contribution in [-0.2, 0) is 0 Å². The minimum atomic E-state index is -0.458. The van der Waals surface area contributed by atoms with Gasteiger partial charge in [0.05, 0.1) is 5.69 Å². The van der Waals surface area contributed by atoms with E-state index in [1.807, 2.05) is 13.8 Å². The van der Waals surface area contributed by atoms with Crippen molar-refractivity contribution in [1.29, 1.82) is 0 Å². The molecule has 0 bridgehead atoms. The number of phenolic OH excluding ortho intramolecular Hbond substituents is 1. The summed E-state index contributed by atoms with van der Waals surface area (Å²) in [7, 11) is 0. The van der Waals surface area contributed by atoms with Crippen LogP contribution in [0.2, 0.25) is 0 Å². The van der Waals surface area contributed by atoms with E-state index < -0.39 is 11.7 Å². The van der Waals surface area contributed by atoms with Crippen LogP contribution in [0.4, 0.5) is 10.1 Å². The maximum absolute atomic E-state index is 12.8. The van der Waals surface area contributed by atoms with Crippen LogP contribution in [-0.4, -0.2) is 16.1 Å². The monoisotopic (exact) mass is 318 g/mol. The first-order valence-corrected chi connectivity index (χ1v) is 6.96. The van der Waals surface area contributed by atoms with Gasteiger partial charge in [-0.25, -0.2) is 4.39 Å². The third kappa shape index (κ3) is 3.79. The number of phenols is 1. The predicted octanol–water partition coefficient (Wildman–Crippen LogP) is 3.27. The molecule has 0 fully saturated rings. The molecule has 0 aromatic heterocycles. The molecule has 22 heavy (non-hydrogen) atoms. The van der Waals surface area contributed by atoms with Crippen molar-refractivity contribution in [3.8, 4) is 5.75 Å². The van der Waals surface area contributed by atoms with Crippen LogP contribution in [0.3, 0.4) is 0 Å². The number of amides is 1. The van der Waals surface area contributed by atoms with Gasteiger partial charge in [0.1, 0.15) is 11.6 Å². The van der Waals surface area contributed by atoms with E-state index in [0.29, 0.717) is 5.69 Å². The molecule has 2 aromatic rings. The Morgan fingerprint density at radius 3 is 2.36 bits per heavy atom. The summed E-state index contributed by atoms with van der Waals surface area (Å²) in [6, 6.07) is 8.46. The molecule has 0 saturated heterocycles. The fourth-order valence-electron chi connectivity index (χ4n) is 1.83. The van der Waals surface area contributed by atoms with Crippen molar-refractivity contribution in [2.45, 2.75) is 13.8 Å². The van der Waals surface area contributed by atoms with E-state index in [0.717, 1.165) is 11.1 Å². The lowest BCUT2D eigenvalue weighted by Gasteiger charge is -2.12. The van der Waals surface area contributed by atoms with Gasteiger partial charge in [-0.05, 0) is 73.6 Å². The molecule has 0 radical (unpaired) electrons. The Kier molecular flexibility index (Phi) is 4.72. The van der Waals surface area contributed by atoms with Gasteiger partial charge in [0.15, 0.2) is 5.11 Å². The van der Waals surface area contributed by atoms with E-state index in [2.05, 4.69) is 10.6 Å². The number of halogens is 1. The number of anilines is 1. The number of nitrogens with one attached hydrogen (secondary N) is 2. The highest BCUT2D eigenvalue weighted by molar-refractivity contribution is 7.80. The van der Waals surface area contributed by atoms with E-state index in [9.17, 15) is 14.3 Å². The van der Waals surface area contributed by atoms with Crippen LogP contribution in [0, 0.1) is 19.7 Å². The minimum Gasteiger partial charge on any atom is -0.506 e. The topological polar surface area (TPSA) is 61.4 Å². The number of hydrogen-bond acceptors (Lipinski definition) is 3. The highest BCUT2D eigenvalue weighted by atomic mass is 32.1. The zero-order valence-corrected chi connectivity index (χ0v) is 12.9. The van der Waals surface area contributed by atoms with Gasteiger partial charge in [-0.1, -0.05) is 0 Å². The molecule has 2 rings (SSSR count). The molecule has 0 atom stereocenters. The number of thiocarbonyl (C=S) groups is 1. The van der Waals surface area contributed by atoms with Crippen molar-refractivity contribution in [2.24, 2.45) is 0 Å². The van der Waals surface area contributed by atoms with E-state index in [4.69, 9.17) is 12.2 Å². The highest BCUT2D eigenvalue weighted by Crippen LogP contribution is 2.26. The minimum absolute atomic E-state index is 0.0430. The molecule has 0 saturated carbocycles. The van der Waals surface area contributed by atoms with Crippen molar-refractivity contribution in [3.05, 3.63) is 58.9 Å². The van der Waals surface area contributed by atoms with Gasteiger partial charge >= 0.3 is 0 Å². The number of hydrogen-bond donors (Lipinski definition) is 3. The number of carbonyl (C=O) groups excluding carboxylic acids is 1. The van der Waals surface area contributed by atoms with E-state index in [1.54, 1.807) is 12.1 Å². The van der Waals surface area contributed by atoms with Gasteiger partial charge in [0.25, 0.3) is 5.91 Å². The van der Waals surface area contributed by atoms with Crippen molar-refractivity contribution in [1.82, 2.24) is 5.32 Å². The Bertz CT molecular complexity index is 730. The number of aryl methyl sites for hydroxylation is 2. The SMILES string of the molecule is Cc1cc(O)c(NC(=S)NC(=O)c2ccc(F)cc2)cc1C. The van der Waals surface area contributed by atoms with Crippen LogP contribution in [0.1, 0.15) is 21.5 Å². The predicted molar refractivity (Wildman–Crippen MR) is 87.7 cm³/mol. The van der Waals surface area contributed by atoms with Gasteiger partial charge in [-0.15, -0.1) is 0 Å². The molecule has 0 aliphatic rings. The van der Waals surface area contributed by atoms with E-state index in [-0.39, 0.29) is 16.4 Å². The lowest BCUT2D eigenvalue weighted by atomic mass is 10.1. The summed E-state index contributed by atoms with van der Waals surface area (Å²) in [6.07, 6.45) is 0. The highest BCUT2D eigenvalue weighted by Gasteiger charge is 2.10. The lowest BCUT2D eigenvalue weighted by Crippen LogP contribution is -2.34. The first kappa shape index (κ1) is 15.9. The maximum atomic E-state index is 12.8. The van der Waals surface area contributed by atoms with Crippen LogP contribution >= 0.6 is 12.2 Å². The van der Waals surface area contributed by atoms with Gasteiger partial charge < -0.3 is 10.4 Å². The molecule has 4 nitrogen and oxygen atoms in total. The summed E-state index contributed by atoms with van der Waals surface area (Å²) < 4.78 is 12.8. The molecular weight excluding hydrogens is 303 g/mol. The first-order valence-electron chi connectivity index (χ1n) is 6.55. The summed E-state index contributed by atoms with van der Waals surface area (Å²) in [5, 5.41) is 15.2. The van der Waals surface area contributed by atoms with Gasteiger partial charge in [-0.2, -0.15) is 0 Å². The van der Waals surface area contributed by atoms with Crippen LogP contribution < -0.4 is 10.6 Å². The molecule has 6 heteroatoms. The largest absolute Gasteiger partial charge is 0.506 e. The molecular formula is C16H15FN2O2S. The fourth-order valence-corrected chi connectivity index (χ4v) is 2.03. The fraction of sp³-hybridized carbons (Fsp3) is 0.125. The van der Waals surface area contributed by atoms with Crippen molar-refractivity contribution in [3.63, 3.8) is 0 Å². The smallest absolute Gasteiger partial charge is 0.257 e. The average Bonchev–Trinajstić information content (AvgIpc) is 2.45. The third-order valence-corrected chi connectivity index (χ3v) is 3.40. The second kappa shape index (κ2) is 6.53. The quantitative estimate of drug-likeness (QED) is 0.587. The Morgan fingerprint density at radius 2 is 1.73 bits per heavy atom. The average molecular weight is 318 g/mol. The van der Waals surface area contributed by atoms with Crippen LogP contribution in [0.25, 0.3) is 0 Å². The second-order valence-electron chi connectivity index (χ2n) is 4.87. The van der Waals surface area contributed by atoms with Gasteiger partial charge in [0.2, 0.25) is 0 Å². The maximum Gasteiger partial charge on any atom is 0.257 e. The lowest BCUT2D eigenvalue weighted by molar-refractivity contribution is 0.0977. The number of rotatable bonds is 2. The van der Waals surface area contributed by atoms with Crippen LogP contribution in [0.15, 0.2) is 36.4 Å². The first-order chi connectivity index (χ1) is 10.4. The van der Waals surface area contributed by atoms with Crippen LogP contribution in [0.5, 0.6) is 5.75 Å². The normalized spacial score (nSPS) is 10.1. The van der Waals surface area contributed by atoms with Gasteiger partial charge in [-0.3, -0.25) is 10.1 Å². The molecule has 2 aromatic carbocycles. The van der Waals surface area contributed by atoms with E-state index in [1.165, 1.54) is 24.3 Å². The van der Waals surface area contributed by atoms with Crippen molar-refractivity contribution in [2.75, 3.05) is 5.32 Å². The standard InChI is InChI=1S/C16H15FN2O2S/c1-9-7-13(14(20)8-10(9)2)18-16(22)19-15(21)11-3-5-12(17)6-4-11/h3-8,20H,1-2H3,(H2,18,19,21,22). The molecule has 0 unspecified atom stereocenters. The van der Waals surface area contributed by atoms with Crippen molar-refractivity contribution >= 4 is 28.9 Å². The second-order valence-corrected chi connectivity index (χ2v) is 5.28. The molecule has 0 aliphatic carbocycles.